The number of rotatable bonds is 3. The third kappa shape index (κ3) is 3.21. The molecule has 19 heavy (non-hydrogen) atoms. The van der Waals surface area contributed by atoms with Crippen molar-refractivity contribution < 1.29 is 9.72 Å². The predicted octanol–water partition coefficient (Wildman–Crippen LogP) is 2.38. The highest BCUT2D eigenvalue weighted by atomic mass is 35.5. The molecule has 1 aliphatic heterocycles. The number of nitrogens with zero attached hydrogens (tertiary/aromatic N) is 2. The Balaban J connectivity index is 2.18. The van der Waals surface area contributed by atoms with Gasteiger partial charge in [0, 0.05) is 13.1 Å². The first-order valence-corrected chi connectivity index (χ1v) is 6.46. The Hall–Kier alpha value is -1.66. The number of amides is 1. The fourth-order valence-electron chi connectivity index (χ4n) is 2.09. The molecule has 1 fully saturated rings. The van der Waals surface area contributed by atoms with Crippen LogP contribution in [0.2, 0.25) is 5.02 Å². The van der Waals surface area contributed by atoms with Gasteiger partial charge in [0.1, 0.15) is 10.6 Å². The molecular formula is C12H14ClN3O3. The Bertz CT molecular complexity index is 501. The Morgan fingerprint density at radius 3 is 2.63 bits per heavy atom. The number of carbonyl (C=O) groups is 1. The molecule has 2 rings (SSSR count). The standard InChI is InChI=1S/C12H14ClN3O3/c13-10-6-4-5-9(11(10)16(18)19)12(17)14-15-7-2-1-3-8-15/h4-6H,1-3,7-8H2,(H,14,17). The summed E-state index contributed by atoms with van der Waals surface area (Å²) in [5.74, 6) is -0.490. The van der Waals surface area contributed by atoms with Crippen molar-refractivity contribution >= 4 is 23.2 Å². The van der Waals surface area contributed by atoms with E-state index >= 15 is 0 Å². The van der Waals surface area contributed by atoms with Crippen LogP contribution >= 0.6 is 11.6 Å². The minimum atomic E-state index is -0.631. The highest BCUT2D eigenvalue weighted by Crippen LogP contribution is 2.28. The molecular weight excluding hydrogens is 270 g/mol. The number of hydrogen-bond donors (Lipinski definition) is 1. The zero-order valence-electron chi connectivity index (χ0n) is 10.3. The summed E-state index contributed by atoms with van der Waals surface area (Å²) < 4.78 is 0. The average molecular weight is 284 g/mol. The molecule has 0 atom stereocenters. The molecule has 102 valence electrons. The number of hydrazine groups is 1. The normalized spacial score (nSPS) is 16.1. The first-order valence-electron chi connectivity index (χ1n) is 6.08. The minimum absolute atomic E-state index is 0.0110. The van der Waals surface area contributed by atoms with Gasteiger partial charge >= 0.3 is 5.69 Å². The van der Waals surface area contributed by atoms with E-state index in [-0.39, 0.29) is 16.3 Å². The van der Waals surface area contributed by atoms with Crippen molar-refractivity contribution in [3.63, 3.8) is 0 Å². The lowest BCUT2D eigenvalue weighted by Gasteiger charge is -2.26. The van der Waals surface area contributed by atoms with Crippen LogP contribution in [0.25, 0.3) is 0 Å². The van der Waals surface area contributed by atoms with Gasteiger partial charge in [-0.2, -0.15) is 0 Å². The van der Waals surface area contributed by atoms with Crippen LogP contribution in [-0.2, 0) is 0 Å². The second-order valence-electron chi connectivity index (χ2n) is 4.38. The zero-order valence-corrected chi connectivity index (χ0v) is 11.0. The van der Waals surface area contributed by atoms with E-state index in [1.54, 1.807) is 5.01 Å². The van der Waals surface area contributed by atoms with Crippen molar-refractivity contribution in [2.75, 3.05) is 13.1 Å². The van der Waals surface area contributed by atoms with Crippen molar-refractivity contribution in [1.82, 2.24) is 10.4 Å². The van der Waals surface area contributed by atoms with Crippen molar-refractivity contribution in [2.24, 2.45) is 0 Å². The zero-order chi connectivity index (χ0) is 13.8. The number of halogens is 1. The van der Waals surface area contributed by atoms with Crippen molar-refractivity contribution in [1.29, 1.82) is 0 Å². The van der Waals surface area contributed by atoms with Crippen LogP contribution in [0.5, 0.6) is 0 Å². The second-order valence-corrected chi connectivity index (χ2v) is 4.79. The molecule has 1 aromatic carbocycles. The van der Waals surface area contributed by atoms with E-state index in [0.717, 1.165) is 32.4 Å². The lowest BCUT2D eigenvalue weighted by Crippen LogP contribution is -2.45. The van der Waals surface area contributed by atoms with E-state index in [1.165, 1.54) is 18.2 Å². The molecule has 1 heterocycles. The average Bonchev–Trinajstić information content (AvgIpc) is 2.39. The van der Waals surface area contributed by atoms with Crippen LogP contribution in [0.1, 0.15) is 29.6 Å². The number of nitrogens with one attached hydrogen (secondary N) is 1. The van der Waals surface area contributed by atoms with Crippen molar-refractivity contribution in [3.8, 4) is 0 Å². The summed E-state index contributed by atoms with van der Waals surface area (Å²) in [6.45, 7) is 1.53. The number of carbonyl (C=O) groups excluding carboxylic acids is 1. The fourth-order valence-corrected chi connectivity index (χ4v) is 2.34. The highest BCUT2D eigenvalue weighted by molar-refractivity contribution is 6.33. The number of hydrogen-bond acceptors (Lipinski definition) is 4. The molecule has 0 aromatic heterocycles. The van der Waals surface area contributed by atoms with Gasteiger partial charge in [0.25, 0.3) is 5.91 Å². The van der Waals surface area contributed by atoms with E-state index in [2.05, 4.69) is 5.43 Å². The van der Waals surface area contributed by atoms with Gasteiger partial charge in [0.15, 0.2) is 0 Å². The molecule has 1 aliphatic rings. The van der Waals surface area contributed by atoms with Gasteiger partial charge in [-0.05, 0) is 25.0 Å². The molecule has 0 bridgehead atoms. The van der Waals surface area contributed by atoms with Gasteiger partial charge in [0.05, 0.1) is 4.92 Å². The summed E-state index contributed by atoms with van der Waals surface area (Å²) in [4.78, 5) is 22.4. The number of para-hydroxylation sites is 1. The van der Waals surface area contributed by atoms with E-state index in [1.807, 2.05) is 0 Å². The van der Waals surface area contributed by atoms with Crippen molar-refractivity contribution in [2.45, 2.75) is 19.3 Å². The summed E-state index contributed by atoms with van der Waals surface area (Å²) in [5.41, 5.74) is 2.33. The minimum Gasteiger partial charge on any atom is -0.285 e. The first kappa shape index (κ1) is 13.8. The van der Waals surface area contributed by atoms with Gasteiger partial charge in [0.2, 0.25) is 0 Å². The maximum atomic E-state index is 12.1. The molecule has 0 saturated carbocycles. The van der Waals surface area contributed by atoms with E-state index in [9.17, 15) is 14.9 Å². The predicted molar refractivity (Wildman–Crippen MR) is 71.0 cm³/mol. The van der Waals surface area contributed by atoms with Gasteiger partial charge in [-0.25, -0.2) is 5.01 Å². The van der Waals surface area contributed by atoms with Crippen LogP contribution in [0, 0.1) is 10.1 Å². The topological polar surface area (TPSA) is 75.5 Å². The van der Waals surface area contributed by atoms with Crippen LogP contribution in [0.15, 0.2) is 18.2 Å². The molecule has 1 amide bonds. The molecule has 1 saturated heterocycles. The van der Waals surface area contributed by atoms with Gasteiger partial charge in [-0.15, -0.1) is 0 Å². The quantitative estimate of drug-likeness (QED) is 0.682. The maximum absolute atomic E-state index is 12.1. The largest absolute Gasteiger partial charge is 0.300 e. The SMILES string of the molecule is O=C(NN1CCCCC1)c1cccc(Cl)c1[N+](=O)[O-]. The summed E-state index contributed by atoms with van der Waals surface area (Å²) in [7, 11) is 0. The number of nitro benzene ring substituents is 1. The first-order chi connectivity index (χ1) is 9.09. The summed E-state index contributed by atoms with van der Waals surface area (Å²) >= 11 is 5.78. The van der Waals surface area contributed by atoms with E-state index < -0.39 is 10.8 Å². The molecule has 0 aliphatic carbocycles. The molecule has 0 radical (unpaired) electrons. The molecule has 0 unspecified atom stereocenters. The number of piperidine rings is 1. The molecule has 7 heteroatoms. The van der Waals surface area contributed by atoms with Gasteiger partial charge in [-0.3, -0.25) is 20.3 Å². The summed E-state index contributed by atoms with van der Waals surface area (Å²) in [5, 5.41) is 12.7. The molecule has 6 nitrogen and oxygen atoms in total. The Labute approximate surface area is 115 Å². The summed E-state index contributed by atoms with van der Waals surface area (Å²) in [6.07, 6.45) is 3.17. The smallest absolute Gasteiger partial charge is 0.285 e. The van der Waals surface area contributed by atoms with Crippen LogP contribution in [-0.4, -0.2) is 28.9 Å². The second kappa shape index (κ2) is 5.99. The lowest BCUT2D eigenvalue weighted by molar-refractivity contribution is -0.385. The monoisotopic (exact) mass is 283 g/mol. The summed E-state index contributed by atoms with van der Waals surface area (Å²) in [6, 6.07) is 4.33. The fraction of sp³-hybridized carbons (Fsp3) is 0.417. The Kier molecular flexibility index (Phi) is 4.34. The molecule has 1 N–H and O–H groups in total. The third-order valence-corrected chi connectivity index (χ3v) is 3.33. The van der Waals surface area contributed by atoms with Crippen LogP contribution < -0.4 is 5.43 Å². The van der Waals surface area contributed by atoms with Gasteiger partial charge in [-0.1, -0.05) is 24.1 Å². The maximum Gasteiger partial charge on any atom is 0.300 e. The number of nitro groups is 1. The van der Waals surface area contributed by atoms with E-state index in [4.69, 9.17) is 11.6 Å². The van der Waals surface area contributed by atoms with Crippen LogP contribution in [0.4, 0.5) is 5.69 Å². The highest BCUT2D eigenvalue weighted by Gasteiger charge is 2.25. The Morgan fingerprint density at radius 2 is 2.00 bits per heavy atom. The number of benzene rings is 1. The Morgan fingerprint density at radius 1 is 1.32 bits per heavy atom. The van der Waals surface area contributed by atoms with E-state index in [0.29, 0.717) is 0 Å². The lowest BCUT2D eigenvalue weighted by atomic mass is 10.1. The van der Waals surface area contributed by atoms with Gasteiger partial charge < -0.3 is 0 Å². The van der Waals surface area contributed by atoms with Crippen molar-refractivity contribution in [3.05, 3.63) is 38.9 Å². The van der Waals surface area contributed by atoms with Crippen LogP contribution in [0.3, 0.4) is 0 Å². The molecule has 1 aromatic rings. The third-order valence-electron chi connectivity index (χ3n) is 3.03. The molecule has 0 spiro atoms.